The third kappa shape index (κ3) is 9.16. The molecule has 2 aromatic carbocycles. The summed E-state index contributed by atoms with van der Waals surface area (Å²) in [5.41, 5.74) is 1.56. The zero-order valence-electron chi connectivity index (χ0n) is 19.6. The molecule has 1 aliphatic heterocycles. The third-order valence-electron chi connectivity index (χ3n) is 4.44. The normalized spacial score (nSPS) is 14.9. The summed E-state index contributed by atoms with van der Waals surface area (Å²) in [4.78, 5) is 19.3. The van der Waals surface area contributed by atoms with Gasteiger partial charge in [0.2, 0.25) is 5.91 Å². The Bertz CT molecular complexity index is 893. The minimum atomic E-state index is -0.159. The summed E-state index contributed by atoms with van der Waals surface area (Å²) in [6.45, 7) is 6.43. The van der Waals surface area contributed by atoms with E-state index in [4.69, 9.17) is 33.2 Å². The second-order valence-corrected chi connectivity index (χ2v) is 6.87. The number of benzene rings is 2. The van der Waals surface area contributed by atoms with E-state index >= 15 is 0 Å². The van der Waals surface area contributed by atoms with E-state index in [0.29, 0.717) is 81.5 Å². The zero-order valence-corrected chi connectivity index (χ0v) is 19.6. The molecule has 0 atom stereocenters. The Morgan fingerprint density at radius 1 is 0.676 bits per heavy atom. The predicted octanol–water partition coefficient (Wildman–Crippen LogP) is 2.76. The fourth-order valence-electron chi connectivity index (χ4n) is 2.96. The van der Waals surface area contributed by atoms with Crippen molar-refractivity contribution in [1.29, 1.82) is 0 Å². The van der Waals surface area contributed by atoms with Gasteiger partial charge in [0.15, 0.2) is 23.0 Å². The molecule has 0 bridgehead atoms. The summed E-state index contributed by atoms with van der Waals surface area (Å²) in [7, 11) is 1.85. The first kappa shape index (κ1) is 26.7. The van der Waals surface area contributed by atoms with Crippen molar-refractivity contribution in [3.8, 4) is 23.0 Å². The first-order valence-electron chi connectivity index (χ1n) is 10.8. The number of nitrogens with one attached hydrogen (secondary N) is 2. The van der Waals surface area contributed by atoms with Gasteiger partial charge >= 0.3 is 0 Å². The van der Waals surface area contributed by atoms with E-state index in [1.165, 1.54) is 6.92 Å². The molecule has 0 saturated heterocycles. The van der Waals surface area contributed by atoms with Crippen LogP contribution in [0.2, 0.25) is 0 Å². The highest BCUT2D eigenvalue weighted by atomic mass is 16.6. The summed E-state index contributed by atoms with van der Waals surface area (Å²) in [6.07, 6.45) is 0. The highest BCUT2D eigenvalue weighted by molar-refractivity contribution is 5.89. The van der Waals surface area contributed by atoms with E-state index in [-0.39, 0.29) is 5.91 Å². The lowest BCUT2D eigenvalue weighted by Gasteiger charge is -2.16. The molecule has 0 radical (unpaired) electrons. The summed E-state index contributed by atoms with van der Waals surface area (Å²) in [6, 6.07) is 10.9. The van der Waals surface area contributed by atoms with Crippen molar-refractivity contribution in [2.24, 2.45) is 0 Å². The molecule has 0 aromatic heterocycles. The van der Waals surface area contributed by atoms with E-state index < -0.39 is 0 Å². The number of hydrogen-bond acceptors (Lipinski definition) is 9. The summed E-state index contributed by atoms with van der Waals surface area (Å²) < 4.78 is 34.5. The Labute approximate surface area is 199 Å². The smallest absolute Gasteiger partial charge is 0.221 e. The van der Waals surface area contributed by atoms with Gasteiger partial charge in [0.25, 0.3) is 0 Å². The Balaban J connectivity index is 0.00000199. The van der Waals surface area contributed by atoms with Crippen molar-refractivity contribution < 1.29 is 38.0 Å². The maximum atomic E-state index is 11.3. The highest BCUT2D eigenvalue weighted by Crippen LogP contribution is 2.31. The van der Waals surface area contributed by atoms with Crippen LogP contribution in [0, 0.1) is 0 Å². The second-order valence-electron chi connectivity index (χ2n) is 6.87. The van der Waals surface area contributed by atoms with Crippen LogP contribution in [0.15, 0.2) is 36.4 Å². The number of carbonyl (C=O) groups is 2. The lowest BCUT2D eigenvalue weighted by molar-refractivity contribution is -0.114. The van der Waals surface area contributed by atoms with Gasteiger partial charge in [-0.15, -0.1) is 0 Å². The molecule has 34 heavy (non-hydrogen) atoms. The first-order chi connectivity index (χ1) is 16.7. The van der Waals surface area contributed by atoms with Crippen LogP contribution in [0.1, 0.15) is 6.92 Å². The Morgan fingerprint density at radius 2 is 1.09 bits per heavy atom. The lowest BCUT2D eigenvalue weighted by atomic mass is 10.2. The number of amides is 1. The van der Waals surface area contributed by atoms with Crippen molar-refractivity contribution >= 4 is 24.1 Å². The molecule has 0 aliphatic carbocycles. The third-order valence-corrected chi connectivity index (χ3v) is 4.44. The van der Waals surface area contributed by atoms with Crippen LogP contribution >= 0.6 is 0 Å². The monoisotopic (exact) mass is 476 g/mol. The van der Waals surface area contributed by atoms with Gasteiger partial charge in [-0.05, 0) is 24.3 Å². The molecule has 0 unspecified atom stereocenters. The summed E-state index contributed by atoms with van der Waals surface area (Å²) in [5, 5.41) is 5.83. The topological polar surface area (TPSA) is 114 Å². The predicted molar refractivity (Wildman–Crippen MR) is 127 cm³/mol. The van der Waals surface area contributed by atoms with Crippen LogP contribution in [0.3, 0.4) is 0 Å². The van der Waals surface area contributed by atoms with Crippen LogP contribution in [0.5, 0.6) is 23.0 Å². The number of rotatable bonds is 2. The van der Waals surface area contributed by atoms with E-state index in [1.807, 2.05) is 32.0 Å². The minimum absolute atomic E-state index is 0.159. The molecule has 1 aliphatic rings. The van der Waals surface area contributed by atoms with Gasteiger partial charge in [-0.1, -0.05) is 0 Å². The average Bonchev–Trinajstić information content (AvgIpc) is 2.84. The zero-order chi connectivity index (χ0) is 24.6. The molecule has 1 heterocycles. The number of anilines is 2. The Kier molecular flexibility index (Phi) is 12.1. The van der Waals surface area contributed by atoms with Crippen LogP contribution in [0.4, 0.5) is 11.4 Å². The Morgan fingerprint density at radius 3 is 1.53 bits per heavy atom. The molecule has 10 nitrogen and oxygen atoms in total. The van der Waals surface area contributed by atoms with Crippen LogP contribution < -0.4 is 29.6 Å². The molecular weight excluding hydrogens is 444 g/mol. The average molecular weight is 477 g/mol. The van der Waals surface area contributed by atoms with E-state index in [0.717, 1.165) is 5.69 Å². The van der Waals surface area contributed by atoms with Crippen molar-refractivity contribution in [2.45, 2.75) is 6.92 Å². The second kappa shape index (κ2) is 15.4. The summed E-state index contributed by atoms with van der Waals surface area (Å²) >= 11 is 0. The van der Waals surface area contributed by atoms with Gasteiger partial charge in [0.05, 0.1) is 26.4 Å². The quantitative estimate of drug-likeness (QED) is 0.675. The largest absolute Gasteiger partial charge is 0.487 e. The van der Waals surface area contributed by atoms with Crippen molar-refractivity contribution in [3.05, 3.63) is 36.4 Å². The van der Waals surface area contributed by atoms with Crippen molar-refractivity contribution in [2.75, 3.05) is 70.5 Å². The number of ether oxygens (including phenoxy) is 6. The molecule has 0 saturated carbocycles. The van der Waals surface area contributed by atoms with Crippen molar-refractivity contribution in [1.82, 2.24) is 0 Å². The van der Waals surface area contributed by atoms with E-state index in [2.05, 4.69) is 10.6 Å². The SMILES string of the molecule is C=O.CNc1ccc2c(c1)OCCOCCOc1ccc(NC(C)=O)cc1OCCOCCO2. The summed E-state index contributed by atoms with van der Waals surface area (Å²) in [5.74, 6) is 2.22. The maximum absolute atomic E-state index is 11.3. The molecule has 10 heteroatoms. The Hall–Kier alpha value is -3.50. The van der Waals surface area contributed by atoms with Gasteiger partial charge in [-0.25, -0.2) is 0 Å². The molecule has 186 valence electrons. The molecule has 0 fully saturated rings. The van der Waals surface area contributed by atoms with E-state index in [9.17, 15) is 4.79 Å². The fraction of sp³-hybridized carbons (Fsp3) is 0.417. The number of hydrogen-bond donors (Lipinski definition) is 2. The van der Waals surface area contributed by atoms with Crippen molar-refractivity contribution in [3.63, 3.8) is 0 Å². The van der Waals surface area contributed by atoms with Gasteiger partial charge in [0.1, 0.15) is 33.2 Å². The molecule has 0 spiro atoms. The maximum Gasteiger partial charge on any atom is 0.221 e. The molecule has 2 N–H and O–H groups in total. The molecule has 1 amide bonds. The number of carbonyl (C=O) groups excluding carboxylic acids is 2. The van der Waals surface area contributed by atoms with Gasteiger partial charge in [-0.2, -0.15) is 0 Å². The number of fused-ring (bicyclic) bond motifs is 2. The van der Waals surface area contributed by atoms with Crippen LogP contribution in [-0.2, 0) is 19.1 Å². The lowest BCUT2D eigenvalue weighted by Crippen LogP contribution is -2.15. The van der Waals surface area contributed by atoms with Gasteiger partial charge < -0.3 is 43.8 Å². The minimum Gasteiger partial charge on any atom is -0.487 e. The fourth-order valence-corrected chi connectivity index (χ4v) is 2.96. The molecule has 2 aromatic rings. The standard InChI is InChI=1S/C23H30N2O7.CH2O/c1-17(26)25-19-4-6-21-23(16-19)32-14-10-28-7-11-29-20-5-3-18(24-2)15-22(20)31-13-9-27-8-12-30-21;1-2/h3-6,15-16,24H,7-14H2,1-2H3,(H,25,26);1H2. The van der Waals surface area contributed by atoms with Gasteiger partial charge in [-0.3, -0.25) is 4.79 Å². The highest BCUT2D eigenvalue weighted by Gasteiger charge is 2.10. The molecule has 3 rings (SSSR count). The van der Waals surface area contributed by atoms with Crippen LogP contribution in [-0.4, -0.2) is 72.6 Å². The van der Waals surface area contributed by atoms with E-state index in [1.54, 1.807) is 18.2 Å². The first-order valence-corrected chi connectivity index (χ1v) is 10.8. The molecular formula is C24H32N2O8. The van der Waals surface area contributed by atoms with Crippen LogP contribution in [0.25, 0.3) is 0 Å². The van der Waals surface area contributed by atoms with Gasteiger partial charge in [0, 0.05) is 37.5 Å².